The number of aromatic nitrogens is 2. The number of hydrogen-bond acceptors (Lipinski definition) is 7. The first-order valence-electron chi connectivity index (χ1n) is 10.9. The number of carbonyl (C=O) groups excluding carboxylic acids is 1. The Balaban J connectivity index is 1.38. The third kappa shape index (κ3) is 5.78. The Hall–Kier alpha value is -2.55. The third-order valence-electron chi connectivity index (χ3n) is 5.55. The van der Waals surface area contributed by atoms with E-state index in [1.54, 1.807) is 18.2 Å². The lowest BCUT2D eigenvalue weighted by atomic mass is 10.1. The molecule has 0 radical (unpaired) electrons. The number of benzene rings is 1. The first-order valence-corrected chi connectivity index (χ1v) is 10.9. The molecule has 8 nitrogen and oxygen atoms in total. The lowest BCUT2D eigenvalue weighted by Crippen LogP contribution is -2.27. The Kier molecular flexibility index (Phi) is 7.45. The molecule has 8 heteroatoms. The van der Waals surface area contributed by atoms with Gasteiger partial charge in [0.2, 0.25) is 5.91 Å². The molecule has 2 aliphatic heterocycles. The molecule has 1 fully saturated rings. The van der Waals surface area contributed by atoms with Crippen LogP contribution in [-0.4, -0.2) is 67.4 Å². The minimum absolute atomic E-state index is 0.0364. The van der Waals surface area contributed by atoms with Gasteiger partial charge >= 0.3 is 6.01 Å². The van der Waals surface area contributed by atoms with Crippen LogP contribution < -0.4 is 9.64 Å². The van der Waals surface area contributed by atoms with E-state index in [2.05, 4.69) is 39.1 Å². The van der Waals surface area contributed by atoms with Gasteiger partial charge in [-0.15, -0.1) is 0 Å². The number of rotatable bonds is 11. The fourth-order valence-electron chi connectivity index (χ4n) is 3.99. The van der Waals surface area contributed by atoms with E-state index >= 15 is 0 Å². The highest BCUT2D eigenvalue weighted by molar-refractivity contribution is 6.00. The zero-order valence-electron chi connectivity index (χ0n) is 18.1. The minimum atomic E-state index is 0.0364. The Morgan fingerprint density at radius 2 is 1.81 bits per heavy atom. The molecule has 3 heterocycles. The van der Waals surface area contributed by atoms with Crippen molar-refractivity contribution in [1.82, 2.24) is 14.9 Å². The molecule has 0 aliphatic carbocycles. The molecule has 0 unspecified atom stereocenters. The van der Waals surface area contributed by atoms with Crippen molar-refractivity contribution in [3.05, 3.63) is 47.2 Å². The van der Waals surface area contributed by atoms with Crippen LogP contribution >= 0.6 is 0 Å². The van der Waals surface area contributed by atoms with E-state index in [1.807, 2.05) is 0 Å². The molecule has 4 rings (SSSR count). The summed E-state index contributed by atoms with van der Waals surface area (Å²) in [6.07, 6.45) is 4.57. The third-order valence-corrected chi connectivity index (χ3v) is 5.55. The molecule has 0 N–H and O–H groups in total. The summed E-state index contributed by atoms with van der Waals surface area (Å²) in [5, 5.41) is 0. The van der Waals surface area contributed by atoms with E-state index in [9.17, 15) is 4.79 Å². The summed E-state index contributed by atoms with van der Waals surface area (Å²) < 4.78 is 15.9. The van der Waals surface area contributed by atoms with Gasteiger partial charge in [-0.3, -0.25) is 14.6 Å². The summed E-state index contributed by atoms with van der Waals surface area (Å²) in [6, 6.07) is 8.75. The van der Waals surface area contributed by atoms with Crippen LogP contribution in [0.5, 0.6) is 6.01 Å². The molecule has 166 valence electrons. The number of carbonyl (C=O) groups is 1. The van der Waals surface area contributed by atoms with Gasteiger partial charge in [0, 0.05) is 25.4 Å². The zero-order chi connectivity index (χ0) is 21.5. The van der Waals surface area contributed by atoms with Gasteiger partial charge in [-0.2, -0.15) is 4.98 Å². The molecule has 0 bridgehead atoms. The first kappa shape index (κ1) is 21.7. The number of methoxy groups -OCH3 is 1. The summed E-state index contributed by atoms with van der Waals surface area (Å²) in [7, 11) is 1.63. The summed E-state index contributed by atoms with van der Waals surface area (Å²) >= 11 is 0. The zero-order valence-corrected chi connectivity index (χ0v) is 18.1. The number of ether oxygens (including phenoxy) is 3. The number of likely N-dealkylation sites (tertiary alicyclic amines) is 1. The van der Waals surface area contributed by atoms with Gasteiger partial charge in [-0.25, -0.2) is 4.98 Å². The van der Waals surface area contributed by atoms with Crippen molar-refractivity contribution in [3.63, 3.8) is 0 Å². The first-order chi connectivity index (χ1) is 15.2. The lowest BCUT2D eigenvalue weighted by Gasteiger charge is -2.19. The van der Waals surface area contributed by atoms with Gasteiger partial charge in [0.25, 0.3) is 0 Å². The van der Waals surface area contributed by atoms with Crippen molar-refractivity contribution in [2.24, 2.45) is 0 Å². The van der Waals surface area contributed by atoms with E-state index in [4.69, 9.17) is 14.2 Å². The summed E-state index contributed by atoms with van der Waals surface area (Å²) in [6.45, 7) is 5.63. The van der Waals surface area contributed by atoms with Crippen molar-refractivity contribution in [2.45, 2.75) is 32.4 Å². The second-order valence-electron chi connectivity index (χ2n) is 7.91. The maximum atomic E-state index is 12.6. The Morgan fingerprint density at radius 3 is 2.61 bits per heavy atom. The molecular formula is C23H30N4O4. The van der Waals surface area contributed by atoms with Crippen LogP contribution in [0.15, 0.2) is 30.5 Å². The molecule has 0 atom stereocenters. The predicted octanol–water partition coefficient (Wildman–Crippen LogP) is 2.20. The van der Waals surface area contributed by atoms with Crippen molar-refractivity contribution >= 4 is 11.7 Å². The van der Waals surface area contributed by atoms with E-state index in [0.717, 1.165) is 17.7 Å². The van der Waals surface area contributed by atoms with Crippen LogP contribution in [0.2, 0.25) is 0 Å². The standard InChI is InChI=1S/C23H30N4O4/c1-29-9-10-30-11-12-31-23-24-15-20-14-21(28)27(22(20)25-23)17-19-6-4-5-18(13-19)16-26-7-2-3-8-26/h4-6,13,15H,2-3,7-12,14,16-17H2,1H3. The average Bonchev–Trinajstić information content (AvgIpc) is 3.39. The number of nitrogens with zero attached hydrogens (tertiary/aromatic N) is 4. The van der Waals surface area contributed by atoms with Crippen LogP contribution in [0.1, 0.15) is 29.5 Å². The van der Waals surface area contributed by atoms with Crippen molar-refractivity contribution in [3.8, 4) is 6.01 Å². The van der Waals surface area contributed by atoms with E-state index in [-0.39, 0.29) is 11.9 Å². The molecule has 1 aromatic heterocycles. The Bertz CT molecular complexity index is 886. The van der Waals surface area contributed by atoms with Crippen molar-refractivity contribution in [2.75, 3.05) is 51.5 Å². The van der Waals surface area contributed by atoms with Crippen LogP contribution in [0.4, 0.5) is 5.82 Å². The molecule has 0 spiro atoms. The number of fused-ring (bicyclic) bond motifs is 1. The highest BCUT2D eigenvalue weighted by Gasteiger charge is 2.30. The van der Waals surface area contributed by atoms with Crippen LogP contribution in [0, 0.1) is 0 Å². The van der Waals surface area contributed by atoms with Gasteiger partial charge in [0.05, 0.1) is 32.8 Å². The van der Waals surface area contributed by atoms with Gasteiger partial charge in [0.1, 0.15) is 12.4 Å². The van der Waals surface area contributed by atoms with Crippen LogP contribution in [-0.2, 0) is 33.8 Å². The number of anilines is 1. The molecule has 1 amide bonds. The average molecular weight is 427 g/mol. The van der Waals surface area contributed by atoms with Gasteiger partial charge in [0.15, 0.2) is 0 Å². The van der Waals surface area contributed by atoms with Crippen molar-refractivity contribution < 1.29 is 19.0 Å². The normalized spacial score (nSPS) is 16.2. The molecule has 1 saturated heterocycles. The second kappa shape index (κ2) is 10.7. The quantitative estimate of drug-likeness (QED) is 0.510. The minimum Gasteiger partial charge on any atom is -0.461 e. The van der Waals surface area contributed by atoms with E-state index < -0.39 is 0 Å². The van der Waals surface area contributed by atoms with E-state index in [1.165, 1.54) is 31.5 Å². The molecule has 0 saturated carbocycles. The molecule has 2 aliphatic rings. The van der Waals surface area contributed by atoms with Crippen LogP contribution in [0.25, 0.3) is 0 Å². The fraction of sp³-hybridized carbons (Fsp3) is 0.522. The highest BCUT2D eigenvalue weighted by atomic mass is 16.5. The number of amides is 1. The van der Waals surface area contributed by atoms with Crippen LogP contribution in [0.3, 0.4) is 0 Å². The topological polar surface area (TPSA) is 77.0 Å². The molecule has 2 aromatic rings. The smallest absolute Gasteiger partial charge is 0.318 e. The van der Waals surface area contributed by atoms with Crippen molar-refractivity contribution in [1.29, 1.82) is 0 Å². The Labute approximate surface area is 183 Å². The predicted molar refractivity (Wildman–Crippen MR) is 116 cm³/mol. The van der Waals surface area contributed by atoms with Gasteiger partial charge < -0.3 is 14.2 Å². The largest absolute Gasteiger partial charge is 0.461 e. The monoisotopic (exact) mass is 426 g/mol. The summed E-state index contributed by atoms with van der Waals surface area (Å²) in [4.78, 5) is 25.6. The fourth-order valence-corrected chi connectivity index (χ4v) is 3.99. The molecular weight excluding hydrogens is 396 g/mol. The van der Waals surface area contributed by atoms with Gasteiger partial charge in [-0.05, 0) is 37.1 Å². The Morgan fingerprint density at radius 1 is 1.03 bits per heavy atom. The SMILES string of the molecule is COCCOCCOc1ncc2c(n1)N(Cc1cccc(CN3CCCC3)c1)C(=O)C2. The highest BCUT2D eigenvalue weighted by Crippen LogP contribution is 2.29. The molecule has 1 aromatic carbocycles. The van der Waals surface area contributed by atoms with Gasteiger partial charge in [-0.1, -0.05) is 24.3 Å². The maximum Gasteiger partial charge on any atom is 0.318 e. The summed E-state index contributed by atoms with van der Waals surface area (Å²) in [5.41, 5.74) is 3.22. The molecule has 31 heavy (non-hydrogen) atoms. The summed E-state index contributed by atoms with van der Waals surface area (Å²) in [5.74, 6) is 0.676. The van der Waals surface area contributed by atoms with E-state index in [0.29, 0.717) is 45.2 Å². The number of hydrogen-bond donors (Lipinski definition) is 0. The second-order valence-corrected chi connectivity index (χ2v) is 7.91. The lowest BCUT2D eigenvalue weighted by molar-refractivity contribution is -0.117. The maximum absolute atomic E-state index is 12.6.